The van der Waals surface area contributed by atoms with Crippen LogP contribution in [-0.2, 0) is 4.79 Å². The van der Waals surface area contributed by atoms with E-state index in [1.165, 1.54) is 19.3 Å². The van der Waals surface area contributed by atoms with Crippen molar-refractivity contribution < 1.29 is 9.90 Å². The van der Waals surface area contributed by atoms with Crippen LogP contribution in [0.5, 0.6) is 0 Å². The molecule has 5 atom stereocenters. The lowest BCUT2D eigenvalue weighted by molar-refractivity contribution is -0.126. The van der Waals surface area contributed by atoms with Gasteiger partial charge in [-0.2, -0.15) is 0 Å². The number of amides is 1. The van der Waals surface area contributed by atoms with Gasteiger partial charge in [0.1, 0.15) is 0 Å². The fourth-order valence-electron chi connectivity index (χ4n) is 3.64. The lowest BCUT2D eigenvalue weighted by Gasteiger charge is -2.22. The van der Waals surface area contributed by atoms with E-state index in [1.807, 2.05) is 0 Å². The molecule has 0 aromatic carbocycles. The third-order valence-corrected chi connectivity index (χ3v) is 4.44. The summed E-state index contributed by atoms with van der Waals surface area (Å²) in [5.41, 5.74) is 0. The number of aliphatic hydroxyl groups excluding tert-OH is 1. The number of hydrogen-bond acceptors (Lipinski definition) is 2. The lowest BCUT2D eigenvalue weighted by atomic mass is 9.88. The molecule has 0 heterocycles. The normalized spacial score (nSPS) is 34.6. The van der Waals surface area contributed by atoms with E-state index in [-0.39, 0.29) is 17.9 Å². The second-order valence-electron chi connectivity index (χ2n) is 6.22. The molecule has 2 saturated carbocycles. The van der Waals surface area contributed by atoms with Crippen LogP contribution < -0.4 is 5.32 Å². The van der Waals surface area contributed by atoms with Crippen molar-refractivity contribution in [2.75, 3.05) is 6.54 Å². The average molecular weight is 239 g/mol. The number of fused-ring (bicyclic) bond motifs is 2. The first kappa shape index (κ1) is 12.9. The summed E-state index contributed by atoms with van der Waals surface area (Å²) in [4.78, 5) is 12.1. The molecule has 2 bridgehead atoms. The molecular formula is C14H25NO2. The van der Waals surface area contributed by atoms with Crippen LogP contribution in [0, 0.1) is 23.7 Å². The molecule has 17 heavy (non-hydrogen) atoms. The van der Waals surface area contributed by atoms with Gasteiger partial charge in [0.15, 0.2) is 0 Å². The molecule has 0 radical (unpaired) electrons. The zero-order valence-electron chi connectivity index (χ0n) is 11.0. The molecule has 1 amide bonds. The van der Waals surface area contributed by atoms with Crippen molar-refractivity contribution in [2.45, 2.75) is 52.1 Å². The maximum Gasteiger partial charge on any atom is 0.223 e. The topological polar surface area (TPSA) is 49.3 Å². The van der Waals surface area contributed by atoms with Crippen LogP contribution in [0.25, 0.3) is 0 Å². The predicted octanol–water partition coefficient (Wildman–Crippen LogP) is 1.95. The van der Waals surface area contributed by atoms with E-state index in [0.717, 1.165) is 18.8 Å². The minimum Gasteiger partial charge on any atom is -0.393 e. The average Bonchev–Trinajstić information content (AvgIpc) is 2.86. The first-order chi connectivity index (χ1) is 8.06. The predicted molar refractivity (Wildman–Crippen MR) is 67.4 cm³/mol. The molecule has 2 fully saturated rings. The Balaban J connectivity index is 1.71. The van der Waals surface area contributed by atoms with E-state index >= 15 is 0 Å². The van der Waals surface area contributed by atoms with E-state index < -0.39 is 0 Å². The molecule has 2 aliphatic carbocycles. The molecule has 5 unspecified atom stereocenters. The fraction of sp³-hybridized carbons (Fsp3) is 0.929. The van der Waals surface area contributed by atoms with Gasteiger partial charge in [0.25, 0.3) is 0 Å². The molecule has 3 heteroatoms. The van der Waals surface area contributed by atoms with E-state index in [1.54, 1.807) is 6.92 Å². The van der Waals surface area contributed by atoms with Crippen LogP contribution in [0.3, 0.4) is 0 Å². The van der Waals surface area contributed by atoms with Crippen LogP contribution in [0.15, 0.2) is 0 Å². The van der Waals surface area contributed by atoms with Crippen LogP contribution in [0.4, 0.5) is 0 Å². The SMILES string of the molecule is CC(O)CC(C)CNC(=O)C1CC2CCC1C2. The highest BCUT2D eigenvalue weighted by Gasteiger charge is 2.42. The number of aliphatic hydroxyl groups is 1. The summed E-state index contributed by atoms with van der Waals surface area (Å²) < 4.78 is 0. The first-order valence-corrected chi connectivity index (χ1v) is 7.02. The Kier molecular flexibility index (Phi) is 4.08. The van der Waals surface area contributed by atoms with Gasteiger partial charge in [-0.3, -0.25) is 4.79 Å². The van der Waals surface area contributed by atoms with Crippen LogP contribution >= 0.6 is 0 Å². The van der Waals surface area contributed by atoms with Crippen LogP contribution in [0.2, 0.25) is 0 Å². The molecule has 2 rings (SSSR count). The Hall–Kier alpha value is -0.570. The minimum atomic E-state index is -0.274. The number of hydrogen-bond donors (Lipinski definition) is 2. The third-order valence-electron chi connectivity index (χ3n) is 4.44. The van der Waals surface area contributed by atoms with Gasteiger partial charge in [-0.05, 0) is 50.4 Å². The maximum atomic E-state index is 12.1. The zero-order valence-corrected chi connectivity index (χ0v) is 11.0. The third kappa shape index (κ3) is 3.21. The summed E-state index contributed by atoms with van der Waals surface area (Å²) in [6.45, 7) is 4.58. The largest absolute Gasteiger partial charge is 0.393 e. The first-order valence-electron chi connectivity index (χ1n) is 7.02. The molecule has 0 aliphatic heterocycles. The molecule has 0 aromatic heterocycles. The monoisotopic (exact) mass is 239 g/mol. The van der Waals surface area contributed by atoms with Gasteiger partial charge < -0.3 is 10.4 Å². The summed E-state index contributed by atoms with van der Waals surface area (Å²) in [7, 11) is 0. The number of rotatable bonds is 5. The van der Waals surface area contributed by atoms with Crippen molar-refractivity contribution in [1.29, 1.82) is 0 Å². The van der Waals surface area contributed by atoms with E-state index in [4.69, 9.17) is 0 Å². The van der Waals surface area contributed by atoms with Crippen molar-refractivity contribution in [3.8, 4) is 0 Å². The Morgan fingerprint density at radius 3 is 2.65 bits per heavy atom. The number of carbonyl (C=O) groups excluding carboxylic acids is 1. The van der Waals surface area contributed by atoms with Gasteiger partial charge in [0.2, 0.25) is 5.91 Å². The van der Waals surface area contributed by atoms with E-state index in [9.17, 15) is 9.90 Å². The molecule has 0 aromatic rings. The van der Waals surface area contributed by atoms with E-state index in [0.29, 0.717) is 18.4 Å². The number of carbonyl (C=O) groups is 1. The summed E-state index contributed by atoms with van der Waals surface area (Å²) in [5, 5.41) is 12.3. The van der Waals surface area contributed by atoms with Gasteiger partial charge in [-0.15, -0.1) is 0 Å². The summed E-state index contributed by atoms with van der Waals surface area (Å²) in [6, 6.07) is 0. The maximum absolute atomic E-state index is 12.1. The Labute approximate surface area is 104 Å². The van der Waals surface area contributed by atoms with Crippen LogP contribution in [0.1, 0.15) is 46.0 Å². The van der Waals surface area contributed by atoms with Gasteiger partial charge in [-0.25, -0.2) is 0 Å². The van der Waals surface area contributed by atoms with Crippen molar-refractivity contribution in [3.05, 3.63) is 0 Å². The zero-order chi connectivity index (χ0) is 12.4. The fourth-order valence-corrected chi connectivity index (χ4v) is 3.64. The van der Waals surface area contributed by atoms with E-state index in [2.05, 4.69) is 12.2 Å². The van der Waals surface area contributed by atoms with Gasteiger partial charge >= 0.3 is 0 Å². The van der Waals surface area contributed by atoms with Crippen molar-refractivity contribution in [1.82, 2.24) is 5.32 Å². The smallest absolute Gasteiger partial charge is 0.223 e. The van der Waals surface area contributed by atoms with Crippen molar-refractivity contribution >= 4 is 5.91 Å². The molecule has 2 aliphatic rings. The van der Waals surface area contributed by atoms with Crippen LogP contribution in [-0.4, -0.2) is 23.7 Å². The highest BCUT2D eigenvalue weighted by atomic mass is 16.3. The molecule has 2 N–H and O–H groups in total. The Morgan fingerprint density at radius 2 is 2.12 bits per heavy atom. The molecule has 0 spiro atoms. The lowest BCUT2D eigenvalue weighted by Crippen LogP contribution is -2.36. The number of nitrogens with one attached hydrogen (secondary N) is 1. The Bertz CT molecular complexity index is 277. The van der Waals surface area contributed by atoms with Gasteiger partial charge in [-0.1, -0.05) is 13.3 Å². The van der Waals surface area contributed by atoms with Crippen molar-refractivity contribution in [2.24, 2.45) is 23.7 Å². The molecule has 3 nitrogen and oxygen atoms in total. The van der Waals surface area contributed by atoms with Gasteiger partial charge in [0, 0.05) is 12.5 Å². The summed E-state index contributed by atoms with van der Waals surface area (Å²) >= 11 is 0. The second-order valence-corrected chi connectivity index (χ2v) is 6.22. The second kappa shape index (κ2) is 5.38. The van der Waals surface area contributed by atoms with Crippen molar-refractivity contribution in [3.63, 3.8) is 0 Å². The van der Waals surface area contributed by atoms with Gasteiger partial charge in [0.05, 0.1) is 6.10 Å². The molecule has 98 valence electrons. The minimum absolute atomic E-state index is 0.259. The standard InChI is InChI=1S/C14H25NO2/c1-9(5-10(2)16)8-15-14(17)13-7-11-3-4-12(13)6-11/h9-13,16H,3-8H2,1-2H3,(H,15,17). The highest BCUT2D eigenvalue weighted by molar-refractivity contribution is 5.79. The molecular weight excluding hydrogens is 214 g/mol. The molecule has 0 saturated heterocycles. The Morgan fingerprint density at radius 1 is 1.35 bits per heavy atom. The highest BCUT2D eigenvalue weighted by Crippen LogP contribution is 2.48. The summed E-state index contributed by atoms with van der Waals surface area (Å²) in [5.74, 6) is 2.39. The quantitative estimate of drug-likeness (QED) is 0.770. The summed E-state index contributed by atoms with van der Waals surface area (Å²) in [6.07, 6.45) is 5.47.